The number of halogens is 2. The fraction of sp³-hybridized carbons (Fsp3) is 0.345. The number of piperidine rings is 1. The minimum atomic E-state index is -0.677. The number of rotatable bonds is 9. The molecule has 1 amide bonds. The van der Waals surface area contributed by atoms with Crippen LogP contribution < -0.4 is 20.5 Å². The molecule has 0 spiro atoms. The summed E-state index contributed by atoms with van der Waals surface area (Å²) in [6.45, 7) is 7.32. The smallest absolute Gasteiger partial charge is 0.255 e. The summed E-state index contributed by atoms with van der Waals surface area (Å²) in [5, 5.41) is 2.59. The van der Waals surface area contributed by atoms with E-state index in [1.165, 1.54) is 37.1 Å². The molecule has 0 radical (unpaired) electrons. The zero-order valence-electron chi connectivity index (χ0n) is 21.2. The number of benzene rings is 3. The first kappa shape index (κ1) is 26.4. The van der Waals surface area contributed by atoms with E-state index >= 15 is 0 Å². The Hall–Kier alpha value is -3.65. The molecule has 1 heterocycles. The molecule has 3 aromatic rings. The Kier molecular flexibility index (Phi) is 8.61. The van der Waals surface area contributed by atoms with Gasteiger partial charge in [-0.2, -0.15) is 0 Å². The topological polar surface area (TPSA) is 76.8 Å². The number of anilines is 2. The van der Waals surface area contributed by atoms with Crippen LogP contribution in [0.5, 0.6) is 17.2 Å². The molecule has 1 aliphatic rings. The quantitative estimate of drug-likeness (QED) is 0.320. The number of hydrogen-bond acceptors (Lipinski definition) is 5. The molecule has 3 N–H and O–H groups in total. The fourth-order valence-corrected chi connectivity index (χ4v) is 4.30. The van der Waals surface area contributed by atoms with Gasteiger partial charge in [-0.15, -0.1) is 0 Å². The minimum absolute atomic E-state index is 0.00504. The van der Waals surface area contributed by atoms with Crippen molar-refractivity contribution in [2.45, 2.75) is 45.6 Å². The third-order valence-corrected chi connectivity index (χ3v) is 6.49. The van der Waals surface area contributed by atoms with Gasteiger partial charge in [-0.3, -0.25) is 4.79 Å². The summed E-state index contributed by atoms with van der Waals surface area (Å²) >= 11 is 0. The van der Waals surface area contributed by atoms with Crippen LogP contribution in [0.3, 0.4) is 0 Å². The molecule has 0 atom stereocenters. The van der Waals surface area contributed by atoms with Crippen molar-refractivity contribution in [3.63, 3.8) is 0 Å². The maximum atomic E-state index is 14.7. The van der Waals surface area contributed by atoms with Gasteiger partial charge < -0.3 is 25.4 Å². The normalized spacial score (nSPS) is 14.4. The van der Waals surface area contributed by atoms with Crippen molar-refractivity contribution in [3.8, 4) is 17.2 Å². The van der Waals surface area contributed by atoms with Gasteiger partial charge in [0.1, 0.15) is 35.0 Å². The van der Waals surface area contributed by atoms with E-state index in [2.05, 4.69) is 17.1 Å². The average molecular weight is 510 g/mol. The van der Waals surface area contributed by atoms with Crippen LogP contribution in [0.2, 0.25) is 0 Å². The monoisotopic (exact) mass is 509 g/mol. The molecular weight excluding hydrogens is 476 g/mol. The van der Waals surface area contributed by atoms with Crippen LogP contribution >= 0.6 is 0 Å². The number of nitrogen functional groups attached to an aromatic ring is 1. The van der Waals surface area contributed by atoms with Crippen LogP contribution in [0.15, 0.2) is 54.6 Å². The lowest BCUT2D eigenvalue weighted by Crippen LogP contribution is -2.38. The van der Waals surface area contributed by atoms with Gasteiger partial charge in [0.25, 0.3) is 5.91 Å². The molecule has 1 fully saturated rings. The molecule has 6 nitrogen and oxygen atoms in total. The summed E-state index contributed by atoms with van der Waals surface area (Å²) in [5.74, 6) is -0.636. The number of amides is 1. The second-order valence-corrected chi connectivity index (χ2v) is 9.37. The molecule has 0 aliphatic carbocycles. The van der Waals surface area contributed by atoms with E-state index in [4.69, 9.17) is 15.2 Å². The average Bonchev–Trinajstić information content (AvgIpc) is 2.88. The molecular formula is C29H33F2N3O3. The van der Waals surface area contributed by atoms with Gasteiger partial charge in [-0.05, 0) is 80.8 Å². The van der Waals surface area contributed by atoms with Gasteiger partial charge in [0.05, 0.1) is 11.4 Å². The molecule has 0 saturated carbocycles. The Morgan fingerprint density at radius 1 is 1.03 bits per heavy atom. The number of unbranched alkanes of at least 4 members (excludes halogenated alkanes) is 1. The van der Waals surface area contributed by atoms with Crippen LogP contribution in [-0.4, -0.2) is 36.5 Å². The summed E-state index contributed by atoms with van der Waals surface area (Å²) in [6.07, 6.45) is 4.56. The number of likely N-dealkylation sites (tertiary alicyclic amines) is 1. The lowest BCUT2D eigenvalue weighted by molar-refractivity contribution is 0.0991. The van der Waals surface area contributed by atoms with Crippen LogP contribution in [-0.2, 0) is 0 Å². The van der Waals surface area contributed by atoms with Gasteiger partial charge in [0.15, 0.2) is 0 Å². The molecule has 196 valence electrons. The molecule has 37 heavy (non-hydrogen) atoms. The minimum Gasteiger partial charge on any atom is -0.490 e. The molecule has 1 saturated heterocycles. The molecule has 0 unspecified atom stereocenters. The van der Waals surface area contributed by atoms with Crippen molar-refractivity contribution >= 4 is 17.3 Å². The second kappa shape index (κ2) is 12.1. The zero-order valence-corrected chi connectivity index (χ0v) is 21.2. The predicted octanol–water partition coefficient (Wildman–Crippen LogP) is 6.54. The maximum Gasteiger partial charge on any atom is 0.255 e. The van der Waals surface area contributed by atoms with E-state index in [-0.39, 0.29) is 29.0 Å². The zero-order chi connectivity index (χ0) is 26.4. The van der Waals surface area contributed by atoms with Crippen molar-refractivity contribution in [3.05, 3.63) is 77.4 Å². The first-order valence-electron chi connectivity index (χ1n) is 12.7. The lowest BCUT2D eigenvalue weighted by atomic mass is 10.1. The second-order valence-electron chi connectivity index (χ2n) is 9.37. The molecule has 8 heteroatoms. The molecule has 3 aromatic carbocycles. The van der Waals surface area contributed by atoms with Crippen molar-refractivity contribution in [2.75, 3.05) is 30.7 Å². The van der Waals surface area contributed by atoms with Crippen molar-refractivity contribution in [1.29, 1.82) is 0 Å². The third-order valence-electron chi connectivity index (χ3n) is 6.49. The van der Waals surface area contributed by atoms with Crippen molar-refractivity contribution in [1.82, 2.24) is 4.90 Å². The van der Waals surface area contributed by atoms with Crippen molar-refractivity contribution in [2.24, 2.45) is 0 Å². The highest BCUT2D eigenvalue weighted by Crippen LogP contribution is 2.28. The van der Waals surface area contributed by atoms with Crippen LogP contribution in [0, 0.1) is 18.6 Å². The molecule has 4 rings (SSSR count). The van der Waals surface area contributed by atoms with Crippen LogP contribution in [0.25, 0.3) is 0 Å². The first-order valence-corrected chi connectivity index (χ1v) is 12.7. The number of carbonyl (C=O) groups excluding carboxylic acids is 1. The summed E-state index contributed by atoms with van der Waals surface area (Å²) in [7, 11) is 0. The number of nitrogens with zero attached hydrogens (tertiary/aromatic N) is 1. The van der Waals surface area contributed by atoms with Gasteiger partial charge in [-0.1, -0.05) is 13.3 Å². The standard InChI is InChI=1S/C29H33F2N3O3/c1-3-4-13-34-14-11-21(12-15-34)37-28-10-5-20(16-19(28)2)29(35)33-27-9-7-23(18-25(27)31)36-22-6-8-26(32)24(30)17-22/h5-10,16-18,21H,3-4,11-15,32H2,1-2H3,(H,33,35). The Morgan fingerprint density at radius 2 is 1.73 bits per heavy atom. The molecule has 0 bridgehead atoms. The lowest BCUT2D eigenvalue weighted by Gasteiger charge is -2.32. The van der Waals surface area contributed by atoms with Crippen LogP contribution in [0.1, 0.15) is 48.5 Å². The van der Waals surface area contributed by atoms with E-state index in [9.17, 15) is 13.6 Å². The highest BCUT2D eigenvalue weighted by atomic mass is 19.1. The number of nitrogens with two attached hydrogens (primary N) is 1. The highest BCUT2D eigenvalue weighted by Gasteiger charge is 2.21. The third kappa shape index (κ3) is 6.98. The highest BCUT2D eigenvalue weighted by molar-refractivity contribution is 6.04. The first-order chi connectivity index (χ1) is 17.8. The SMILES string of the molecule is CCCCN1CCC(Oc2ccc(C(=O)Nc3ccc(Oc4ccc(N)c(F)c4)cc3F)cc2C)CC1. The summed E-state index contributed by atoms with van der Waals surface area (Å²) in [5.41, 5.74) is 6.71. The Balaban J connectivity index is 1.34. The Bertz CT molecular complexity index is 1240. The maximum absolute atomic E-state index is 14.7. The van der Waals surface area contributed by atoms with E-state index in [1.54, 1.807) is 18.2 Å². The number of nitrogens with one attached hydrogen (secondary N) is 1. The van der Waals surface area contributed by atoms with E-state index in [0.717, 1.165) is 55.9 Å². The van der Waals surface area contributed by atoms with Gasteiger partial charge >= 0.3 is 0 Å². The summed E-state index contributed by atoms with van der Waals surface area (Å²) < 4.78 is 40.0. The van der Waals surface area contributed by atoms with Crippen molar-refractivity contribution < 1.29 is 23.0 Å². The molecule has 1 aliphatic heterocycles. The Morgan fingerprint density at radius 3 is 2.38 bits per heavy atom. The molecule has 0 aromatic heterocycles. The number of aryl methyl sites for hydroxylation is 1. The van der Waals surface area contributed by atoms with E-state index in [0.29, 0.717) is 5.56 Å². The van der Waals surface area contributed by atoms with Gasteiger partial charge in [0.2, 0.25) is 0 Å². The Labute approximate surface area is 216 Å². The van der Waals surface area contributed by atoms with E-state index in [1.807, 2.05) is 6.92 Å². The number of ether oxygens (including phenoxy) is 2. The number of hydrogen-bond donors (Lipinski definition) is 2. The fourth-order valence-electron chi connectivity index (χ4n) is 4.30. The van der Waals surface area contributed by atoms with Crippen LogP contribution in [0.4, 0.5) is 20.2 Å². The largest absolute Gasteiger partial charge is 0.490 e. The van der Waals surface area contributed by atoms with E-state index < -0.39 is 17.5 Å². The summed E-state index contributed by atoms with van der Waals surface area (Å²) in [4.78, 5) is 15.3. The predicted molar refractivity (Wildman–Crippen MR) is 141 cm³/mol. The number of carbonyl (C=O) groups is 1. The van der Waals surface area contributed by atoms with Gasteiger partial charge in [-0.25, -0.2) is 8.78 Å². The summed E-state index contributed by atoms with van der Waals surface area (Å²) in [6, 6.07) is 13.2. The van der Waals surface area contributed by atoms with Gasteiger partial charge in [0, 0.05) is 30.8 Å².